The second-order valence-corrected chi connectivity index (χ2v) is 7.69. The first-order valence-electron chi connectivity index (χ1n) is 9.04. The van der Waals surface area contributed by atoms with Gasteiger partial charge in [-0.1, -0.05) is 38.1 Å². The molecule has 0 spiro atoms. The lowest BCUT2D eigenvalue weighted by Crippen LogP contribution is -2.50. The van der Waals surface area contributed by atoms with Crippen molar-refractivity contribution in [2.75, 3.05) is 37.7 Å². The summed E-state index contributed by atoms with van der Waals surface area (Å²) in [5.41, 5.74) is 2.46. The van der Waals surface area contributed by atoms with Crippen LogP contribution in [0.1, 0.15) is 25.3 Å². The van der Waals surface area contributed by atoms with Crippen molar-refractivity contribution in [2.45, 2.75) is 19.8 Å². The van der Waals surface area contributed by atoms with Crippen LogP contribution < -0.4 is 9.64 Å². The molecule has 1 heterocycles. The van der Waals surface area contributed by atoms with E-state index < -0.39 is 0 Å². The normalized spacial score (nSPS) is 14.6. The zero-order chi connectivity index (χ0) is 18.5. The monoisotopic (exact) mass is 416 g/mol. The van der Waals surface area contributed by atoms with Crippen molar-refractivity contribution >= 4 is 27.5 Å². The van der Waals surface area contributed by atoms with Crippen molar-refractivity contribution in [3.8, 4) is 5.75 Å². The molecule has 1 saturated heterocycles. The van der Waals surface area contributed by atoms with Crippen LogP contribution in [0.5, 0.6) is 5.75 Å². The van der Waals surface area contributed by atoms with Crippen LogP contribution in [-0.2, 0) is 4.79 Å². The van der Waals surface area contributed by atoms with Crippen LogP contribution in [0.15, 0.2) is 53.0 Å². The van der Waals surface area contributed by atoms with Gasteiger partial charge in [-0.05, 0) is 51.7 Å². The number of anilines is 1. The third-order valence-electron chi connectivity index (χ3n) is 4.73. The van der Waals surface area contributed by atoms with Crippen LogP contribution in [0, 0.1) is 0 Å². The number of hydrogen-bond donors (Lipinski definition) is 0. The number of carbonyl (C=O) groups is 1. The molecule has 0 unspecified atom stereocenters. The maximum Gasteiger partial charge on any atom is 0.260 e. The molecule has 4 nitrogen and oxygen atoms in total. The minimum absolute atomic E-state index is 0.0394. The Morgan fingerprint density at radius 1 is 1.08 bits per heavy atom. The van der Waals surface area contributed by atoms with Crippen molar-refractivity contribution in [3.63, 3.8) is 0 Å². The SMILES string of the molecule is CC(C)c1ccc(OCC(=O)N2CCN(c3ccccc3)CC2)c(Br)c1. The number of halogens is 1. The summed E-state index contributed by atoms with van der Waals surface area (Å²) in [6.45, 7) is 7.53. The standard InChI is InChI=1S/C21H25BrN2O2/c1-16(2)17-8-9-20(19(22)14-17)26-15-21(25)24-12-10-23(11-13-24)18-6-4-3-5-7-18/h3-9,14,16H,10-13,15H2,1-2H3. The predicted molar refractivity (Wildman–Crippen MR) is 109 cm³/mol. The number of amides is 1. The highest BCUT2D eigenvalue weighted by molar-refractivity contribution is 9.10. The van der Waals surface area contributed by atoms with Gasteiger partial charge < -0.3 is 14.5 Å². The quantitative estimate of drug-likeness (QED) is 0.728. The van der Waals surface area contributed by atoms with Crippen LogP contribution in [0.3, 0.4) is 0 Å². The molecule has 0 aliphatic carbocycles. The molecular formula is C21H25BrN2O2. The third kappa shape index (κ3) is 4.58. The fourth-order valence-corrected chi connectivity index (χ4v) is 3.59. The van der Waals surface area contributed by atoms with Gasteiger partial charge in [0.15, 0.2) is 6.61 Å². The van der Waals surface area contributed by atoms with Crippen molar-refractivity contribution in [1.29, 1.82) is 0 Å². The first-order chi connectivity index (χ1) is 12.5. The highest BCUT2D eigenvalue weighted by Crippen LogP contribution is 2.29. The molecule has 0 atom stereocenters. The number of hydrogen-bond acceptors (Lipinski definition) is 3. The summed E-state index contributed by atoms with van der Waals surface area (Å²) in [5.74, 6) is 1.21. The van der Waals surface area contributed by atoms with E-state index >= 15 is 0 Å². The number of para-hydroxylation sites is 1. The van der Waals surface area contributed by atoms with E-state index in [4.69, 9.17) is 4.74 Å². The van der Waals surface area contributed by atoms with Crippen molar-refractivity contribution in [2.24, 2.45) is 0 Å². The van der Waals surface area contributed by atoms with E-state index in [0.29, 0.717) is 11.7 Å². The average molecular weight is 417 g/mol. The molecule has 0 radical (unpaired) electrons. The summed E-state index contributed by atoms with van der Waals surface area (Å²) < 4.78 is 6.64. The van der Waals surface area contributed by atoms with Crippen LogP contribution in [0.25, 0.3) is 0 Å². The molecule has 26 heavy (non-hydrogen) atoms. The fraction of sp³-hybridized carbons (Fsp3) is 0.381. The van der Waals surface area contributed by atoms with Gasteiger partial charge in [0.25, 0.3) is 5.91 Å². The van der Waals surface area contributed by atoms with Gasteiger partial charge in [0, 0.05) is 31.9 Å². The summed E-state index contributed by atoms with van der Waals surface area (Å²) in [6.07, 6.45) is 0. The van der Waals surface area contributed by atoms with Gasteiger partial charge in [0.1, 0.15) is 5.75 Å². The Kier molecular flexibility index (Phi) is 6.20. The van der Waals surface area contributed by atoms with Gasteiger partial charge in [-0.2, -0.15) is 0 Å². The number of piperazine rings is 1. The van der Waals surface area contributed by atoms with Crippen molar-refractivity contribution in [1.82, 2.24) is 4.90 Å². The van der Waals surface area contributed by atoms with E-state index in [2.05, 4.69) is 52.9 Å². The summed E-state index contributed by atoms with van der Waals surface area (Å²) >= 11 is 3.54. The molecule has 0 N–H and O–H groups in total. The minimum Gasteiger partial charge on any atom is -0.483 e. The zero-order valence-corrected chi connectivity index (χ0v) is 16.9. The smallest absolute Gasteiger partial charge is 0.260 e. The molecule has 5 heteroatoms. The number of rotatable bonds is 5. The predicted octanol–water partition coefficient (Wildman–Crippen LogP) is 4.30. The zero-order valence-electron chi connectivity index (χ0n) is 15.3. The number of carbonyl (C=O) groups excluding carboxylic acids is 1. The maximum atomic E-state index is 12.5. The highest BCUT2D eigenvalue weighted by atomic mass is 79.9. The van der Waals surface area contributed by atoms with Gasteiger partial charge in [-0.15, -0.1) is 0 Å². The number of benzene rings is 2. The van der Waals surface area contributed by atoms with Crippen molar-refractivity contribution in [3.05, 3.63) is 58.6 Å². The second kappa shape index (κ2) is 8.58. The van der Waals surface area contributed by atoms with Crippen LogP contribution in [0.2, 0.25) is 0 Å². The van der Waals surface area contributed by atoms with E-state index in [1.165, 1.54) is 11.3 Å². The largest absolute Gasteiger partial charge is 0.483 e. The molecular weight excluding hydrogens is 392 g/mol. The topological polar surface area (TPSA) is 32.8 Å². The molecule has 2 aromatic rings. The number of nitrogens with zero attached hydrogens (tertiary/aromatic N) is 2. The summed E-state index contributed by atoms with van der Waals surface area (Å²) in [5, 5.41) is 0. The number of ether oxygens (including phenoxy) is 1. The molecule has 1 amide bonds. The highest BCUT2D eigenvalue weighted by Gasteiger charge is 2.21. The molecule has 0 bridgehead atoms. The Morgan fingerprint density at radius 2 is 1.77 bits per heavy atom. The Labute approximate surface area is 163 Å². The van der Waals surface area contributed by atoms with Gasteiger partial charge in [0.2, 0.25) is 0 Å². The molecule has 1 aliphatic rings. The Bertz CT molecular complexity index is 741. The van der Waals surface area contributed by atoms with E-state index in [9.17, 15) is 4.79 Å². The lowest BCUT2D eigenvalue weighted by molar-refractivity contribution is -0.133. The Hall–Kier alpha value is -2.01. The minimum atomic E-state index is 0.0394. The van der Waals surface area contributed by atoms with E-state index in [-0.39, 0.29) is 12.5 Å². The second-order valence-electron chi connectivity index (χ2n) is 6.84. The molecule has 1 fully saturated rings. The molecule has 3 rings (SSSR count). The van der Waals surface area contributed by atoms with Gasteiger partial charge >= 0.3 is 0 Å². The molecule has 0 aromatic heterocycles. The first kappa shape index (κ1) is 18.8. The molecule has 1 aliphatic heterocycles. The molecule has 138 valence electrons. The summed E-state index contributed by atoms with van der Waals surface area (Å²) in [4.78, 5) is 16.7. The average Bonchev–Trinajstić information content (AvgIpc) is 2.67. The van der Waals surface area contributed by atoms with Gasteiger partial charge in [0.05, 0.1) is 4.47 Å². The first-order valence-corrected chi connectivity index (χ1v) is 9.84. The molecule has 0 saturated carbocycles. The van der Waals surface area contributed by atoms with E-state index in [1.807, 2.05) is 35.2 Å². The Morgan fingerprint density at radius 3 is 2.38 bits per heavy atom. The third-order valence-corrected chi connectivity index (χ3v) is 5.35. The van der Waals surface area contributed by atoms with Gasteiger partial charge in [-0.3, -0.25) is 4.79 Å². The lowest BCUT2D eigenvalue weighted by Gasteiger charge is -2.36. The molecule has 2 aromatic carbocycles. The summed E-state index contributed by atoms with van der Waals surface area (Å²) in [7, 11) is 0. The van der Waals surface area contributed by atoms with E-state index in [1.54, 1.807) is 0 Å². The Balaban J connectivity index is 1.50. The summed E-state index contributed by atoms with van der Waals surface area (Å²) in [6, 6.07) is 16.4. The lowest BCUT2D eigenvalue weighted by atomic mass is 10.0. The van der Waals surface area contributed by atoms with E-state index in [0.717, 1.165) is 30.7 Å². The van der Waals surface area contributed by atoms with Crippen LogP contribution in [0.4, 0.5) is 5.69 Å². The maximum absolute atomic E-state index is 12.5. The van der Waals surface area contributed by atoms with Crippen LogP contribution in [-0.4, -0.2) is 43.6 Å². The van der Waals surface area contributed by atoms with Gasteiger partial charge in [-0.25, -0.2) is 0 Å². The van der Waals surface area contributed by atoms with Crippen LogP contribution >= 0.6 is 15.9 Å². The fourth-order valence-electron chi connectivity index (χ4n) is 3.08. The van der Waals surface area contributed by atoms with Crippen molar-refractivity contribution < 1.29 is 9.53 Å².